The molecule has 1 aromatic heterocycles. The van der Waals surface area contributed by atoms with Crippen LogP contribution in [0.15, 0.2) is 36.5 Å². The second kappa shape index (κ2) is 5.72. The summed E-state index contributed by atoms with van der Waals surface area (Å²) in [6.07, 6.45) is 4.41. The van der Waals surface area contributed by atoms with E-state index in [0.717, 1.165) is 18.5 Å². The van der Waals surface area contributed by atoms with E-state index in [2.05, 4.69) is 35.7 Å². The minimum atomic E-state index is 0.145. The molecular weight excluding hydrogens is 262 g/mol. The Hall–Kier alpha value is -2.10. The van der Waals surface area contributed by atoms with E-state index < -0.39 is 0 Å². The van der Waals surface area contributed by atoms with Gasteiger partial charge in [-0.05, 0) is 24.0 Å². The minimum absolute atomic E-state index is 0.145. The molecule has 4 heteroatoms. The van der Waals surface area contributed by atoms with Crippen LogP contribution in [0.4, 0.5) is 0 Å². The summed E-state index contributed by atoms with van der Waals surface area (Å²) in [6.45, 7) is 2.11. The lowest BCUT2D eigenvalue weighted by molar-refractivity contribution is -0.119. The molecule has 1 fully saturated rings. The molecule has 0 bridgehead atoms. The quantitative estimate of drug-likeness (QED) is 0.935. The second-order valence-corrected chi connectivity index (χ2v) is 5.73. The Bertz CT molecular complexity index is 633. The molecule has 1 aliphatic heterocycles. The summed E-state index contributed by atoms with van der Waals surface area (Å²) in [5.41, 5.74) is 3.59. The van der Waals surface area contributed by atoms with Gasteiger partial charge in [0, 0.05) is 31.6 Å². The molecule has 1 N–H and O–H groups in total. The van der Waals surface area contributed by atoms with Gasteiger partial charge in [0.25, 0.3) is 0 Å². The number of amides is 1. The van der Waals surface area contributed by atoms with E-state index in [1.54, 1.807) is 0 Å². The van der Waals surface area contributed by atoms with Gasteiger partial charge in [0.2, 0.25) is 5.91 Å². The van der Waals surface area contributed by atoms with Crippen LogP contribution in [-0.2, 0) is 24.7 Å². The summed E-state index contributed by atoms with van der Waals surface area (Å²) >= 11 is 0. The molecule has 3 rings (SSSR count). The number of nitrogens with one attached hydrogen (secondary N) is 1. The zero-order valence-corrected chi connectivity index (χ0v) is 12.5. The van der Waals surface area contributed by atoms with Crippen molar-refractivity contribution in [2.75, 3.05) is 0 Å². The Kier molecular flexibility index (Phi) is 3.78. The van der Waals surface area contributed by atoms with Crippen molar-refractivity contribution in [1.29, 1.82) is 0 Å². The summed E-state index contributed by atoms with van der Waals surface area (Å²) in [6, 6.07) is 10.5. The minimum Gasteiger partial charge on any atom is -0.352 e. The molecule has 1 aliphatic rings. The molecule has 1 saturated heterocycles. The highest BCUT2D eigenvalue weighted by Gasteiger charge is 2.35. The van der Waals surface area contributed by atoms with Crippen LogP contribution < -0.4 is 5.32 Å². The molecule has 1 aromatic carbocycles. The van der Waals surface area contributed by atoms with Gasteiger partial charge >= 0.3 is 0 Å². The van der Waals surface area contributed by atoms with Gasteiger partial charge in [-0.1, -0.05) is 37.3 Å². The fourth-order valence-electron chi connectivity index (χ4n) is 3.23. The molecule has 2 atom stereocenters. The van der Waals surface area contributed by atoms with Gasteiger partial charge in [0.05, 0.1) is 5.69 Å². The number of carbonyl (C=O) groups excluding carboxylic acids is 1. The predicted octanol–water partition coefficient (Wildman–Crippen LogP) is 2.20. The van der Waals surface area contributed by atoms with Crippen molar-refractivity contribution in [3.05, 3.63) is 53.3 Å². The Morgan fingerprint density at radius 2 is 2.10 bits per heavy atom. The molecule has 110 valence electrons. The smallest absolute Gasteiger partial charge is 0.220 e. The second-order valence-electron chi connectivity index (χ2n) is 5.73. The van der Waals surface area contributed by atoms with Crippen molar-refractivity contribution >= 4 is 5.91 Å². The fourth-order valence-corrected chi connectivity index (χ4v) is 3.23. The monoisotopic (exact) mass is 283 g/mol. The summed E-state index contributed by atoms with van der Waals surface area (Å²) in [7, 11) is 1.94. The third-order valence-corrected chi connectivity index (χ3v) is 4.21. The van der Waals surface area contributed by atoms with Gasteiger partial charge in [0.15, 0.2) is 0 Å². The van der Waals surface area contributed by atoms with Gasteiger partial charge in [-0.3, -0.25) is 9.48 Å². The number of hydrogen-bond donors (Lipinski definition) is 1. The normalized spacial score (nSPS) is 21.5. The lowest BCUT2D eigenvalue weighted by atomic mass is 9.88. The number of benzene rings is 1. The number of hydrogen-bond acceptors (Lipinski definition) is 2. The summed E-state index contributed by atoms with van der Waals surface area (Å²) < 4.78 is 1.86. The largest absolute Gasteiger partial charge is 0.352 e. The van der Waals surface area contributed by atoms with E-state index >= 15 is 0 Å². The van der Waals surface area contributed by atoms with Crippen LogP contribution in [0.1, 0.15) is 36.1 Å². The van der Waals surface area contributed by atoms with E-state index in [-0.39, 0.29) is 17.9 Å². The highest BCUT2D eigenvalue weighted by Crippen LogP contribution is 2.32. The molecule has 0 spiro atoms. The lowest BCUT2D eigenvalue weighted by Gasteiger charge is -2.19. The van der Waals surface area contributed by atoms with Gasteiger partial charge < -0.3 is 5.32 Å². The maximum atomic E-state index is 11.9. The first-order chi connectivity index (χ1) is 10.2. The molecule has 0 radical (unpaired) electrons. The number of carbonyl (C=O) groups is 1. The Morgan fingerprint density at radius 1 is 1.33 bits per heavy atom. The zero-order valence-electron chi connectivity index (χ0n) is 12.5. The zero-order chi connectivity index (χ0) is 14.8. The van der Waals surface area contributed by atoms with Crippen LogP contribution >= 0.6 is 0 Å². The van der Waals surface area contributed by atoms with Crippen LogP contribution in [0.25, 0.3) is 0 Å². The summed E-state index contributed by atoms with van der Waals surface area (Å²) in [5, 5.41) is 7.65. The molecule has 4 nitrogen and oxygen atoms in total. The summed E-state index contributed by atoms with van der Waals surface area (Å²) in [5.74, 6) is 0.369. The van der Waals surface area contributed by atoms with Gasteiger partial charge in [-0.15, -0.1) is 0 Å². The molecule has 21 heavy (non-hydrogen) atoms. The Morgan fingerprint density at radius 3 is 2.81 bits per heavy atom. The van der Waals surface area contributed by atoms with E-state index in [4.69, 9.17) is 0 Å². The van der Waals surface area contributed by atoms with E-state index in [0.29, 0.717) is 6.42 Å². The van der Waals surface area contributed by atoms with Crippen molar-refractivity contribution in [2.45, 2.75) is 38.1 Å². The highest BCUT2D eigenvalue weighted by atomic mass is 16.2. The Balaban J connectivity index is 1.87. The number of rotatable bonds is 4. The molecular formula is C17H21N3O. The number of nitrogens with zero attached hydrogens (tertiary/aromatic N) is 2. The standard InChI is InChI=1S/C17H21N3O/c1-3-15-14(11-20(2)19-15)13-10-17(21)18-16(13)9-12-7-5-4-6-8-12/h4-8,11,13,16H,3,9-10H2,1-2H3,(H,18,21). The number of aromatic nitrogens is 2. The van der Waals surface area contributed by atoms with E-state index in [9.17, 15) is 4.79 Å². The first-order valence-electron chi connectivity index (χ1n) is 7.53. The molecule has 2 aromatic rings. The highest BCUT2D eigenvalue weighted by molar-refractivity contribution is 5.80. The van der Waals surface area contributed by atoms with Crippen molar-refractivity contribution in [3.8, 4) is 0 Å². The summed E-state index contributed by atoms with van der Waals surface area (Å²) in [4.78, 5) is 11.9. The van der Waals surface area contributed by atoms with Gasteiger partial charge in [0.1, 0.15) is 0 Å². The van der Waals surface area contributed by atoms with Crippen molar-refractivity contribution in [2.24, 2.45) is 7.05 Å². The molecule has 0 aliphatic carbocycles. The molecule has 2 heterocycles. The third kappa shape index (κ3) is 2.84. The average Bonchev–Trinajstić information content (AvgIpc) is 3.02. The third-order valence-electron chi connectivity index (χ3n) is 4.21. The first kappa shape index (κ1) is 13.9. The van der Waals surface area contributed by atoms with Gasteiger partial charge in [-0.2, -0.15) is 5.10 Å². The van der Waals surface area contributed by atoms with Crippen molar-refractivity contribution < 1.29 is 4.79 Å². The first-order valence-corrected chi connectivity index (χ1v) is 7.53. The van der Waals surface area contributed by atoms with Crippen molar-refractivity contribution in [3.63, 3.8) is 0 Å². The average molecular weight is 283 g/mol. The lowest BCUT2D eigenvalue weighted by Crippen LogP contribution is -2.30. The van der Waals surface area contributed by atoms with Gasteiger partial charge in [-0.25, -0.2) is 0 Å². The van der Waals surface area contributed by atoms with E-state index in [1.807, 2.05) is 29.9 Å². The fraction of sp³-hybridized carbons (Fsp3) is 0.412. The van der Waals surface area contributed by atoms with Crippen LogP contribution in [0.2, 0.25) is 0 Å². The molecule has 1 amide bonds. The SMILES string of the molecule is CCc1nn(C)cc1C1CC(=O)NC1Cc1ccccc1. The molecule has 2 unspecified atom stereocenters. The Labute approximate surface area is 125 Å². The van der Waals surface area contributed by atoms with Crippen LogP contribution in [0.3, 0.4) is 0 Å². The maximum absolute atomic E-state index is 11.9. The van der Waals surface area contributed by atoms with E-state index in [1.165, 1.54) is 11.1 Å². The van der Waals surface area contributed by atoms with Crippen LogP contribution in [0.5, 0.6) is 0 Å². The van der Waals surface area contributed by atoms with Crippen molar-refractivity contribution in [1.82, 2.24) is 15.1 Å². The molecule has 0 saturated carbocycles. The topological polar surface area (TPSA) is 46.9 Å². The van der Waals surface area contributed by atoms with Crippen LogP contribution in [0, 0.1) is 0 Å². The predicted molar refractivity (Wildman–Crippen MR) is 82.0 cm³/mol. The van der Waals surface area contributed by atoms with Crippen LogP contribution in [-0.4, -0.2) is 21.7 Å². The number of aryl methyl sites for hydroxylation is 2. The maximum Gasteiger partial charge on any atom is 0.220 e.